The van der Waals surface area contributed by atoms with Gasteiger partial charge in [0.25, 0.3) is 0 Å². The zero-order valence-electron chi connectivity index (χ0n) is 21.8. The summed E-state index contributed by atoms with van der Waals surface area (Å²) in [4.78, 5) is 29.3. The summed E-state index contributed by atoms with van der Waals surface area (Å²) in [5.74, 6) is -0.574. The first-order valence-corrected chi connectivity index (χ1v) is 12.6. The van der Waals surface area contributed by atoms with Crippen molar-refractivity contribution in [3.05, 3.63) is 41.7 Å². The van der Waals surface area contributed by atoms with Crippen molar-refractivity contribution in [1.29, 1.82) is 0 Å². The molecular weight excluding hydrogens is 467 g/mol. The molecule has 0 aromatic heterocycles. The number of halogens is 1. The molecule has 9 heteroatoms. The highest BCUT2D eigenvalue weighted by atomic mass is 19.1. The molecular formula is C27H41FN2O6. The van der Waals surface area contributed by atoms with E-state index in [1.165, 1.54) is 32.2 Å². The summed E-state index contributed by atoms with van der Waals surface area (Å²) in [5, 5.41) is 20.9. The van der Waals surface area contributed by atoms with Gasteiger partial charge in [-0.15, -0.1) is 0 Å². The Kier molecular flexibility index (Phi) is 12.5. The van der Waals surface area contributed by atoms with Crippen molar-refractivity contribution in [1.82, 2.24) is 9.80 Å². The molecule has 2 rings (SSSR count). The van der Waals surface area contributed by atoms with Gasteiger partial charge in [0.2, 0.25) is 11.8 Å². The van der Waals surface area contributed by atoms with Crippen LogP contribution in [-0.2, 0) is 19.1 Å². The molecule has 0 unspecified atom stereocenters. The van der Waals surface area contributed by atoms with Crippen LogP contribution in [0.5, 0.6) is 0 Å². The Morgan fingerprint density at radius 3 is 2.64 bits per heavy atom. The zero-order chi connectivity index (χ0) is 26.7. The summed E-state index contributed by atoms with van der Waals surface area (Å²) in [5.41, 5.74) is 0.583. The predicted octanol–water partition coefficient (Wildman–Crippen LogP) is 2.48. The fourth-order valence-electron chi connectivity index (χ4n) is 4.35. The maximum atomic E-state index is 13.6. The fraction of sp³-hybridized carbons (Fsp3) is 0.630. The van der Waals surface area contributed by atoms with Gasteiger partial charge in [0, 0.05) is 52.4 Å². The lowest BCUT2D eigenvalue weighted by molar-refractivity contribution is -0.140. The van der Waals surface area contributed by atoms with Crippen LogP contribution in [0.3, 0.4) is 0 Å². The number of methoxy groups -OCH3 is 1. The van der Waals surface area contributed by atoms with E-state index in [1.54, 1.807) is 28.0 Å². The monoisotopic (exact) mass is 508 g/mol. The summed E-state index contributed by atoms with van der Waals surface area (Å²) in [6.45, 7) is 6.63. The first-order valence-electron chi connectivity index (χ1n) is 12.6. The first kappa shape index (κ1) is 29.9. The van der Waals surface area contributed by atoms with E-state index in [0.717, 1.165) is 0 Å². The van der Waals surface area contributed by atoms with Crippen LogP contribution in [0.15, 0.2) is 30.3 Å². The molecule has 202 valence electrons. The van der Waals surface area contributed by atoms with E-state index in [2.05, 4.69) is 13.8 Å². The Labute approximate surface area is 213 Å². The van der Waals surface area contributed by atoms with Crippen LogP contribution in [0.4, 0.5) is 4.39 Å². The van der Waals surface area contributed by atoms with E-state index < -0.39 is 18.3 Å². The van der Waals surface area contributed by atoms with Crippen molar-refractivity contribution in [2.75, 3.05) is 40.0 Å². The van der Waals surface area contributed by atoms with E-state index in [-0.39, 0.29) is 49.3 Å². The number of rotatable bonds is 5. The number of ether oxygens (including phenoxy) is 2. The second kappa shape index (κ2) is 15.0. The van der Waals surface area contributed by atoms with E-state index in [9.17, 15) is 24.2 Å². The van der Waals surface area contributed by atoms with Crippen molar-refractivity contribution in [2.24, 2.45) is 5.92 Å². The average Bonchev–Trinajstić information content (AvgIpc) is 2.82. The molecule has 0 spiro atoms. The van der Waals surface area contributed by atoms with Crippen molar-refractivity contribution in [3.63, 3.8) is 0 Å². The number of hydrogen-bond acceptors (Lipinski definition) is 6. The topological polar surface area (TPSA) is 99.5 Å². The number of aliphatic hydroxyl groups is 2. The van der Waals surface area contributed by atoms with Crippen LogP contribution in [0.25, 0.3) is 6.08 Å². The summed E-state index contributed by atoms with van der Waals surface area (Å²) in [6.07, 6.45) is 1.78. The summed E-state index contributed by atoms with van der Waals surface area (Å²) in [6, 6.07) is 5.73. The van der Waals surface area contributed by atoms with Crippen LogP contribution < -0.4 is 0 Å². The molecule has 0 aliphatic carbocycles. The first-order chi connectivity index (χ1) is 17.1. The van der Waals surface area contributed by atoms with Crippen molar-refractivity contribution >= 4 is 17.9 Å². The lowest BCUT2D eigenvalue weighted by Crippen LogP contribution is -2.53. The van der Waals surface area contributed by atoms with Gasteiger partial charge in [-0.3, -0.25) is 9.59 Å². The van der Waals surface area contributed by atoms with Crippen molar-refractivity contribution in [3.8, 4) is 0 Å². The normalized spacial score (nSPS) is 25.2. The number of amides is 2. The molecule has 1 fully saturated rings. The van der Waals surface area contributed by atoms with Crippen LogP contribution in [0.1, 0.15) is 45.6 Å². The maximum Gasteiger partial charge on any atom is 0.246 e. The van der Waals surface area contributed by atoms with Gasteiger partial charge in [0.05, 0.1) is 6.61 Å². The van der Waals surface area contributed by atoms with Gasteiger partial charge in [-0.2, -0.15) is 0 Å². The third-order valence-corrected chi connectivity index (χ3v) is 6.32. The van der Waals surface area contributed by atoms with Crippen LogP contribution in [0, 0.1) is 11.7 Å². The van der Waals surface area contributed by atoms with E-state index in [0.29, 0.717) is 38.0 Å². The third-order valence-electron chi connectivity index (χ3n) is 6.32. The lowest BCUT2D eigenvalue weighted by atomic mass is 10.00. The van der Waals surface area contributed by atoms with Crippen LogP contribution in [0.2, 0.25) is 0 Å². The molecule has 1 aromatic rings. The minimum Gasteiger partial charge on any atom is -0.388 e. The molecule has 0 bridgehead atoms. The van der Waals surface area contributed by atoms with Gasteiger partial charge in [0.15, 0.2) is 0 Å². The number of carbonyl (C=O) groups is 2. The van der Waals surface area contributed by atoms with Gasteiger partial charge >= 0.3 is 0 Å². The molecule has 1 aliphatic heterocycles. The van der Waals surface area contributed by atoms with E-state index in [4.69, 9.17) is 9.47 Å². The van der Waals surface area contributed by atoms with Gasteiger partial charge in [-0.1, -0.05) is 26.0 Å². The molecule has 1 heterocycles. The molecule has 4 atom stereocenters. The predicted molar refractivity (Wildman–Crippen MR) is 136 cm³/mol. The number of benzene rings is 1. The molecule has 1 aliphatic rings. The second-order valence-electron chi connectivity index (χ2n) is 9.74. The maximum absolute atomic E-state index is 13.6. The summed E-state index contributed by atoms with van der Waals surface area (Å²) < 4.78 is 24.5. The number of hydrogen-bond donors (Lipinski definition) is 2. The van der Waals surface area contributed by atoms with Gasteiger partial charge in [-0.25, -0.2) is 4.39 Å². The van der Waals surface area contributed by atoms with Gasteiger partial charge in [-0.05, 0) is 49.0 Å². The SMILES string of the molecule is CO[C@@H]1CN(C(C)=O)C[C@H](CC(C)C)N(C(=O)C=Cc2cccc(F)c2)CCCCOC[C@@H](O)[C@H]1O. The van der Waals surface area contributed by atoms with E-state index >= 15 is 0 Å². The standard InChI is InChI=1S/C27H41FN2O6/c1-19(2)14-23-16-29(20(3)31)17-25(35-4)27(34)24(32)18-36-13-6-5-12-30(23)26(33)11-10-21-8-7-9-22(28)15-21/h7-11,15,19,23-25,27,32,34H,5-6,12-14,16-18H2,1-4H3/t23-,24+,25+,27+/m0/s1. The highest BCUT2D eigenvalue weighted by Crippen LogP contribution is 2.18. The third kappa shape index (κ3) is 9.61. The molecule has 2 amide bonds. The molecule has 8 nitrogen and oxygen atoms in total. The van der Waals surface area contributed by atoms with Crippen LogP contribution in [-0.4, -0.2) is 96.1 Å². The highest BCUT2D eigenvalue weighted by molar-refractivity contribution is 5.92. The smallest absolute Gasteiger partial charge is 0.246 e. The molecule has 1 aromatic carbocycles. The van der Waals surface area contributed by atoms with Gasteiger partial charge < -0.3 is 29.5 Å². The van der Waals surface area contributed by atoms with E-state index in [1.807, 2.05) is 0 Å². The number of nitrogens with zero attached hydrogens (tertiary/aromatic N) is 2. The Morgan fingerprint density at radius 1 is 1.25 bits per heavy atom. The summed E-state index contributed by atoms with van der Waals surface area (Å²) >= 11 is 0. The minimum atomic E-state index is -1.24. The second-order valence-corrected chi connectivity index (χ2v) is 9.74. The number of carbonyl (C=O) groups excluding carboxylic acids is 2. The Balaban J connectivity index is 2.36. The highest BCUT2D eigenvalue weighted by Gasteiger charge is 2.32. The Morgan fingerprint density at radius 2 is 2.00 bits per heavy atom. The minimum absolute atomic E-state index is 0.0554. The van der Waals surface area contributed by atoms with Crippen molar-refractivity contribution < 1.29 is 33.7 Å². The quantitative estimate of drug-likeness (QED) is 0.593. The molecule has 2 N–H and O–H groups in total. The van der Waals surface area contributed by atoms with Crippen LogP contribution >= 0.6 is 0 Å². The summed E-state index contributed by atoms with van der Waals surface area (Å²) in [7, 11) is 1.42. The molecule has 0 saturated carbocycles. The molecule has 0 radical (unpaired) electrons. The lowest BCUT2D eigenvalue weighted by Gasteiger charge is -2.38. The Hall–Kier alpha value is -2.33. The fourth-order valence-corrected chi connectivity index (χ4v) is 4.35. The number of aliphatic hydroxyl groups excluding tert-OH is 2. The molecule has 1 saturated heterocycles. The van der Waals surface area contributed by atoms with Crippen molar-refractivity contribution in [2.45, 2.75) is 64.4 Å². The molecule has 36 heavy (non-hydrogen) atoms. The Bertz CT molecular complexity index is 864. The largest absolute Gasteiger partial charge is 0.388 e. The zero-order valence-corrected chi connectivity index (χ0v) is 21.8. The average molecular weight is 509 g/mol. The van der Waals surface area contributed by atoms with Gasteiger partial charge in [0.1, 0.15) is 24.1 Å².